The second kappa shape index (κ2) is 6.25. The summed E-state index contributed by atoms with van der Waals surface area (Å²) in [6.07, 6.45) is 3.68. The monoisotopic (exact) mass is 388 g/mol. The van der Waals surface area contributed by atoms with Crippen LogP contribution in [0.4, 0.5) is 0 Å². The van der Waals surface area contributed by atoms with Crippen molar-refractivity contribution in [2.24, 2.45) is 10.8 Å². The molecule has 5 heteroatoms. The van der Waals surface area contributed by atoms with E-state index in [0.717, 1.165) is 17.8 Å². The van der Waals surface area contributed by atoms with Crippen LogP contribution in [0.15, 0.2) is 16.9 Å². The molecular formula is C22H29ClN2O2. The van der Waals surface area contributed by atoms with Gasteiger partial charge in [0.1, 0.15) is 5.75 Å². The van der Waals surface area contributed by atoms with E-state index in [1.807, 2.05) is 6.92 Å². The smallest absolute Gasteiger partial charge is 0.195 e. The van der Waals surface area contributed by atoms with Crippen LogP contribution in [0, 0.1) is 17.8 Å². The van der Waals surface area contributed by atoms with Gasteiger partial charge in [-0.2, -0.15) is 0 Å². The number of nitrogens with one attached hydrogen (secondary N) is 1. The molecule has 0 radical (unpaired) electrons. The highest BCUT2D eigenvalue weighted by Crippen LogP contribution is 2.52. The molecule has 0 unspecified atom stereocenters. The van der Waals surface area contributed by atoms with Gasteiger partial charge >= 0.3 is 0 Å². The molecule has 4 nitrogen and oxygen atoms in total. The minimum Gasteiger partial charge on any atom is -0.495 e. The summed E-state index contributed by atoms with van der Waals surface area (Å²) in [7, 11) is 1.61. The molecule has 1 aromatic carbocycles. The number of methoxy groups -OCH3 is 1. The zero-order chi connectivity index (χ0) is 19.6. The largest absolute Gasteiger partial charge is 0.495 e. The fourth-order valence-corrected chi connectivity index (χ4v) is 6.06. The Hall–Kier alpha value is -1.52. The van der Waals surface area contributed by atoms with E-state index in [1.54, 1.807) is 19.2 Å². The number of aromatic nitrogens is 1. The van der Waals surface area contributed by atoms with Gasteiger partial charge in [-0.25, -0.2) is 0 Å². The molecule has 2 heterocycles. The lowest BCUT2D eigenvalue weighted by Gasteiger charge is -2.40. The van der Waals surface area contributed by atoms with Crippen LogP contribution in [0.1, 0.15) is 51.3 Å². The summed E-state index contributed by atoms with van der Waals surface area (Å²) in [5.41, 5.74) is 3.16. The van der Waals surface area contributed by atoms with E-state index in [4.69, 9.17) is 16.3 Å². The Kier molecular flexibility index (Phi) is 4.36. The molecule has 2 bridgehead atoms. The minimum atomic E-state index is 0.0241. The van der Waals surface area contributed by atoms with Crippen LogP contribution < -0.4 is 10.2 Å². The maximum Gasteiger partial charge on any atom is 0.195 e. The third kappa shape index (κ3) is 3.17. The zero-order valence-electron chi connectivity index (χ0n) is 16.9. The molecular weight excluding hydrogens is 360 g/mol. The second-order valence-corrected chi connectivity index (χ2v) is 10.1. The van der Waals surface area contributed by atoms with Crippen molar-refractivity contribution in [2.45, 2.75) is 59.5 Å². The Morgan fingerprint density at radius 3 is 2.74 bits per heavy atom. The van der Waals surface area contributed by atoms with Crippen LogP contribution >= 0.6 is 11.6 Å². The summed E-state index contributed by atoms with van der Waals surface area (Å²) in [5, 5.41) is 1.01. The van der Waals surface area contributed by atoms with E-state index >= 15 is 0 Å². The van der Waals surface area contributed by atoms with Gasteiger partial charge in [0, 0.05) is 30.4 Å². The van der Waals surface area contributed by atoms with E-state index in [9.17, 15) is 4.79 Å². The third-order valence-corrected chi connectivity index (χ3v) is 6.80. The molecule has 1 saturated carbocycles. The summed E-state index contributed by atoms with van der Waals surface area (Å²) in [4.78, 5) is 19.2. The number of nitrogens with zero attached hydrogens (tertiary/aromatic N) is 1. The Morgan fingerprint density at radius 1 is 1.30 bits per heavy atom. The molecule has 1 aliphatic heterocycles. The van der Waals surface area contributed by atoms with Crippen molar-refractivity contribution in [3.05, 3.63) is 38.6 Å². The SMILES string of the molecule is COc1ccc(Cl)c2c(=O)c(CN3C[C@@]4(C)C[C@H]3CC(C)(C)C4)c(C)[nH]c12. The Bertz CT molecular complexity index is 965. The van der Waals surface area contributed by atoms with Gasteiger partial charge in [-0.3, -0.25) is 9.69 Å². The lowest BCUT2D eigenvalue weighted by molar-refractivity contribution is 0.126. The molecule has 1 aromatic heterocycles. The Morgan fingerprint density at radius 2 is 2.04 bits per heavy atom. The molecule has 2 atom stereocenters. The molecule has 2 aromatic rings. The van der Waals surface area contributed by atoms with Crippen molar-refractivity contribution >= 4 is 22.5 Å². The molecule has 4 rings (SSSR count). The molecule has 0 spiro atoms. The van der Waals surface area contributed by atoms with Gasteiger partial charge in [-0.1, -0.05) is 32.4 Å². The number of hydrogen-bond donors (Lipinski definition) is 1. The molecule has 2 fully saturated rings. The van der Waals surface area contributed by atoms with Gasteiger partial charge in [0.25, 0.3) is 0 Å². The van der Waals surface area contributed by atoms with Crippen LogP contribution in [-0.2, 0) is 6.54 Å². The zero-order valence-corrected chi connectivity index (χ0v) is 17.7. The van der Waals surface area contributed by atoms with Crippen LogP contribution in [0.2, 0.25) is 5.02 Å². The summed E-state index contributed by atoms with van der Waals surface area (Å²) >= 11 is 6.39. The normalized spacial score (nSPS) is 27.3. The summed E-state index contributed by atoms with van der Waals surface area (Å²) in [6, 6.07) is 4.09. The van der Waals surface area contributed by atoms with Crippen LogP contribution in [0.5, 0.6) is 5.75 Å². The van der Waals surface area contributed by atoms with E-state index in [-0.39, 0.29) is 5.43 Å². The summed E-state index contributed by atoms with van der Waals surface area (Å²) < 4.78 is 5.42. The average Bonchev–Trinajstić information content (AvgIpc) is 2.79. The maximum absolute atomic E-state index is 13.3. The number of fused-ring (bicyclic) bond motifs is 3. The van der Waals surface area contributed by atoms with E-state index in [2.05, 4.69) is 30.7 Å². The second-order valence-electron chi connectivity index (χ2n) is 9.68. The van der Waals surface area contributed by atoms with Crippen molar-refractivity contribution in [2.75, 3.05) is 13.7 Å². The maximum atomic E-state index is 13.3. The predicted octanol–water partition coefficient (Wildman–Crippen LogP) is 4.90. The number of aryl methyl sites for hydroxylation is 1. The molecule has 27 heavy (non-hydrogen) atoms. The molecule has 1 aliphatic carbocycles. The number of hydrogen-bond acceptors (Lipinski definition) is 3. The average molecular weight is 389 g/mol. The van der Waals surface area contributed by atoms with Gasteiger partial charge in [0.05, 0.1) is 23.0 Å². The molecule has 0 amide bonds. The highest BCUT2D eigenvalue weighted by Gasteiger charge is 2.49. The lowest BCUT2D eigenvalue weighted by atomic mass is 9.65. The van der Waals surface area contributed by atoms with Crippen molar-refractivity contribution < 1.29 is 4.74 Å². The number of benzene rings is 1. The first-order valence-electron chi connectivity index (χ1n) is 9.74. The number of rotatable bonds is 3. The van der Waals surface area contributed by atoms with Crippen molar-refractivity contribution in [1.29, 1.82) is 0 Å². The Balaban J connectivity index is 1.76. The number of ether oxygens (including phenoxy) is 1. The number of likely N-dealkylation sites (tertiary alicyclic amines) is 1. The van der Waals surface area contributed by atoms with E-state index in [0.29, 0.717) is 45.1 Å². The summed E-state index contributed by atoms with van der Waals surface area (Å²) in [5.74, 6) is 0.646. The number of aromatic amines is 1. The van der Waals surface area contributed by atoms with Crippen LogP contribution in [0.3, 0.4) is 0 Å². The van der Waals surface area contributed by atoms with Crippen molar-refractivity contribution in [3.8, 4) is 5.75 Å². The fraction of sp³-hybridized carbons (Fsp3) is 0.591. The van der Waals surface area contributed by atoms with Crippen molar-refractivity contribution in [1.82, 2.24) is 9.88 Å². The Labute approximate surface area is 165 Å². The third-order valence-electron chi connectivity index (χ3n) is 6.49. The van der Waals surface area contributed by atoms with Gasteiger partial charge in [-0.15, -0.1) is 0 Å². The van der Waals surface area contributed by atoms with Crippen LogP contribution in [-0.4, -0.2) is 29.6 Å². The first-order valence-corrected chi connectivity index (χ1v) is 10.1. The van der Waals surface area contributed by atoms with E-state index < -0.39 is 0 Å². The standard InChI is InChI=1S/C22H29ClN2O2/c1-13-15(10-25-12-22(4)9-14(25)8-21(2,3)11-22)20(26)18-16(23)6-7-17(27-5)19(18)24-13/h6-7,14H,8-12H2,1-5H3,(H,24,26)/t14-,22+/m1/s1. The molecule has 1 N–H and O–H groups in total. The van der Waals surface area contributed by atoms with Crippen LogP contribution in [0.25, 0.3) is 10.9 Å². The quantitative estimate of drug-likeness (QED) is 0.813. The first kappa shape index (κ1) is 18.8. The van der Waals surface area contributed by atoms with Gasteiger partial charge in [0.15, 0.2) is 5.43 Å². The molecule has 1 saturated heterocycles. The number of pyridine rings is 1. The number of halogens is 1. The predicted molar refractivity (Wildman–Crippen MR) is 111 cm³/mol. The minimum absolute atomic E-state index is 0.0241. The van der Waals surface area contributed by atoms with E-state index in [1.165, 1.54) is 19.3 Å². The van der Waals surface area contributed by atoms with Gasteiger partial charge < -0.3 is 9.72 Å². The van der Waals surface area contributed by atoms with Gasteiger partial charge in [-0.05, 0) is 49.1 Å². The lowest BCUT2D eigenvalue weighted by Crippen LogP contribution is -2.35. The fourth-order valence-electron chi connectivity index (χ4n) is 5.81. The summed E-state index contributed by atoms with van der Waals surface area (Å²) in [6.45, 7) is 10.9. The number of H-pyrrole nitrogens is 1. The topological polar surface area (TPSA) is 45.3 Å². The molecule has 2 aliphatic rings. The van der Waals surface area contributed by atoms with Gasteiger partial charge in [0.2, 0.25) is 0 Å². The highest BCUT2D eigenvalue weighted by atomic mass is 35.5. The highest BCUT2D eigenvalue weighted by molar-refractivity contribution is 6.35. The van der Waals surface area contributed by atoms with Crippen molar-refractivity contribution in [3.63, 3.8) is 0 Å². The molecule has 146 valence electrons. The first-order chi connectivity index (χ1) is 12.6.